The predicted molar refractivity (Wildman–Crippen MR) is 38.0 cm³/mol. The molecule has 0 aromatic rings. The van der Waals surface area contributed by atoms with Crippen LogP contribution < -0.4 is 0 Å². The molecule has 2 atom stereocenters. The van der Waals surface area contributed by atoms with Gasteiger partial charge in [0, 0.05) is 0 Å². The van der Waals surface area contributed by atoms with E-state index in [-0.39, 0.29) is 0 Å². The highest BCUT2D eigenvalue weighted by Crippen LogP contribution is 2.49. The van der Waals surface area contributed by atoms with Crippen molar-refractivity contribution in [2.75, 3.05) is 0 Å². The van der Waals surface area contributed by atoms with E-state index in [1.165, 1.54) is 12.0 Å². The van der Waals surface area contributed by atoms with Gasteiger partial charge in [0.25, 0.3) is 0 Å². The van der Waals surface area contributed by atoms with E-state index in [1.807, 2.05) is 13.0 Å². The minimum atomic E-state index is 0.862. The molecule has 0 heteroatoms. The fourth-order valence-corrected chi connectivity index (χ4v) is 1.46. The largest absolute Gasteiger partial charge is 0.122 e. The van der Waals surface area contributed by atoms with E-state index in [0.29, 0.717) is 0 Å². The first-order valence-corrected chi connectivity index (χ1v) is 3.51. The molecule has 1 saturated carbocycles. The van der Waals surface area contributed by atoms with Crippen molar-refractivity contribution in [1.29, 1.82) is 0 Å². The summed E-state index contributed by atoms with van der Waals surface area (Å²) >= 11 is 0. The van der Waals surface area contributed by atoms with Crippen molar-refractivity contribution in [2.24, 2.45) is 11.8 Å². The minimum absolute atomic E-state index is 0.862. The molecule has 2 rings (SSSR count). The first kappa shape index (κ1) is 5.08. The van der Waals surface area contributed by atoms with E-state index in [0.717, 1.165) is 11.8 Å². The molecule has 0 saturated heterocycles. The second kappa shape index (κ2) is 1.62. The second-order valence-corrected chi connectivity index (χ2v) is 2.75. The molecule has 1 fully saturated rings. The van der Waals surface area contributed by atoms with Crippen molar-refractivity contribution in [1.82, 2.24) is 0 Å². The van der Waals surface area contributed by atoms with Gasteiger partial charge in [-0.1, -0.05) is 12.2 Å². The Labute approximate surface area is 55.6 Å². The van der Waals surface area contributed by atoms with E-state index in [1.54, 1.807) is 0 Å². The first-order valence-electron chi connectivity index (χ1n) is 3.51. The zero-order valence-corrected chi connectivity index (χ0v) is 5.59. The van der Waals surface area contributed by atoms with Crippen LogP contribution in [0, 0.1) is 11.8 Å². The summed E-state index contributed by atoms with van der Waals surface area (Å²) in [6.45, 7) is 2.02. The van der Waals surface area contributed by atoms with Gasteiger partial charge in [-0.05, 0) is 36.8 Å². The summed E-state index contributed by atoms with van der Waals surface area (Å²) in [4.78, 5) is 0. The van der Waals surface area contributed by atoms with Crippen LogP contribution in [0.25, 0.3) is 0 Å². The number of allylic oxidation sites excluding steroid dienone is 3. The van der Waals surface area contributed by atoms with E-state index in [2.05, 4.69) is 17.9 Å². The average Bonchev–Trinajstić information content (AvgIpc) is 2.54. The Bertz CT molecular complexity index is 214. The molecule has 9 heavy (non-hydrogen) atoms. The van der Waals surface area contributed by atoms with Crippen molar-refractivity contribution in [2.45, 2.75) is 13.3 Å². The molecule has 46 valence electrons. The van der Waals surface area contributed by atoms with Crippen LogP contribution >= 0.6 is 0 Å². The highest BCUT2D eigenvalue weighted by molar-refractivity contribution is 5.36. The Morgan fingerprint density at radius 3 is 3.11 bits per heavy atom. The van der Waals surface area contributed by atoms with Crippen LogP contribution in [0.4, 0.5) is 0 Å². The number of hydrogen-bond acceptors (Lipinski definition) is 0. The van der Waals surface area contributed by atoms with Crippen molar-refractivity contribution < 1.29 is 0 Å². The van der Waals surface area contributed by atoms with Crippen molar-refractivity contribution >= 4 is 0 Å². The fourth-order valence-electron chi connectivity index (χ4n) is 1.46. The topological polar surface area (TPSA) is 0 Å². The molecule has 0 spiro atoms. The number of hydrogen-bond donors (Lipinski definition) is 0. The third-order valence-corrected chi connectivity index (χ3v) is 2.07. The Kier molecular flexibility index (Phi) is 0.913. The van der Waals surface area contributed by atoms with Crippen LogP contribution in [0.1, 0.15) is 13.3 Å². The lowest BCUT2D eigenvalue weighted by Crippen LogP contribution is -1.72. The molecule has 0 aromatic heterocycles. The van der Waals surface area contributed by atoms with Crippen LogP contribution in [-0.4, -0.2) is 0 Å². The zero-order chi connectivity index (χ0) is 6.27. The summed E-state index contributed by atoms with van der Waals surface area (Å²) in [5.41, 5.74) is 4.66. The third kappa shape index (κ3) is 0.674. The number of rotatable bonds is 0. The Morgan fingerprint density at radius 2 is 2.67 bits per heavy atom. The molecular formula is C9H10. The monoisotopic (exact) mass is 118 g/mol. The molecule has 0 aromatic carbocycles. The quantitative estimate of drug-likeness (QED) is 0.428. The van der Waals surface area contributed by atoms with Crippen molar-refractivity contribution in [3.63, 3.8) is 0 Å². The van der Waals surface area contributed by atoms with Crippen LogP contribution in [-0.2, 0) is 0 Å². The average molecular weight is 118 g/mol. The van der Waals surface area contributed by atoms with Crippen LogP contribution in [0.2, 0.25) is 0 Å². The standard InChI is InChI=1S/C9H10/c1-2-3-7-4-5-8-6-9(7)8/h2,4-5,8-9H,6H2,1H3/t3?,8-,9-/m0/s1. The summed E-state index contributed by atoms with van der Waals surface area (Å²) in [5, 5.41) is 0. The maximum absolute atomic E-state index is 3.24. The van der Waals surface area contributed by atoms with Crippen molar-refractivity contribution in [3.05, 3.63) is 29.5 Å². The van der Waals surface area contributed by atoms with E-state index >= 15 is 0 Å². The van der Waals surface area contributed by atoms with Gasteiger partial charge in [0.05, 0.1) is 0 Å². The van der Waals surface area contributed by atoms with Gasteiger partial charge in [0.15, 0.2) is 0 Å². The summed E-state index contributed by atoms with van der Waals surface area (Å²) in [6.07, 6.45) is 7.89. The van der Waals surface area contributed by atoms with Crippen molar-refractivity contribution in [3.8, 4) is 0 Å². The van der Waals surface area contributed by atoms with Crippen LogP contribution in [0.15, 0.2) is 29.5 Å². The molecular weight excluding hydrogens is 108 g/mol. The molecule has 2 aliphatic rings. The molecule has 0 bridgehead atoms. The summed E-state index contributed by atoms with van der Waals surface area (Å²) in [7, 11) is 0. The molecule has 0 aliphatic heterocycles. The van der Waals surface area contributed by atoms with Gasteiger partial charge in [-0.3, -0.25) is 0 Å². The normalized spacial score (nSPS) is 35.9. The van der Waals surface area contributed by atoms with Gasteiger partial charge in [0.1, 0.15) is 0 Å². The Balaban J connectivity index is 2.34. The van der Waals surface area contributed by atoms with Gasteiger partial charge in [-0.15, -0.1) is 5.73 Å². The first-order chi connectivity index (χ1) is 4.42. The van der Waals surface area contributed by atoms with Gasteiger partial charge >= 0.3 is 0 Å². The zero-order valence-electron chi connectivity index (χ0n) is 5.59. The van der Waals surface area contributed by atoms with E-state index in [4.69, 9.17) is 0 Å². The maximum Gasteiger partial charge on any atom is -0.00196 e. The molecule has 0 heterocycles. The lowest BCUT2D eigenvalue weighted by atomic mass is 10.2. The van der Waals surface area contributed by atoms with Crippen LogP contribution in [0.3, 0.4) is 0 Å². The number of fused-ring (bicyclic) bond motifs is 1. The third-order valence-electron chi connectivity index (χ3n) is 2.07. The molecule has 2 aliphatic carbocycles. The van der Waals surface area contributed by atoms with Crippen LogP contribution in [0.5, 0.6) is 0 Å². The summed E-state index contributed by atoms with van der Waals surface area (Å²) in [6, 6.07) is 0. The predicted octanol–water partition coefficient (Wildman–Crippen LogP) is 2.29. The van der Waals surface area contributed by atoms with Gasteiger partial charge in [0.2, 0.25) is 0 Å². The lowest BCUT2D eigenvalue weighted by Gasteiger charge is -1.84. The smallest absolute Gasteiger partial charge is 0.00196 e. The SMILES string of the molecule is CC=C=C1C=C[C@H]2C[C@@H]12. The molecule has 0 N–H and O–H groups in total. The Hall–Kier alpha value is -0.740. The van der Waals surface area contributed by atoms with Gasteiger partial charge < -0.3 is 0 Å². The molecule has 0 unspecified atom stereocenters. The summed E-state index contributed by atoms with van der Waals surface area (Å²) < 4.78 is 0. The van der Waals surface area contributed by atoms with E-state index < -0.39 is 0 Å². The summed E-state index contributed by atoms with van der Waals surface area (Å²) in [5.74, 6) is 1.76. The highest BCUT2D eigenvalue weighted by atomic mass is 14.4. The van der Waals surface area contributed by atoms with Gasteiger partial charge in [-0.2, -0.15) is 0 Å². The van der Waals surface area contributed by atoms with Gasteiger partial charge in [-0.25, -0.2) is 0 Å². The van der Waals surface area contributed by atoms with E-state index in [9.17, 15) is 0 Å². The minimum Gasteiger partial charge on any atom is -0.122 e. The molecule has 0 nitrogen and oxygen atoms in total. The second-order valence-electron chi connectivity index (χ2n) is 2.75. The maximum atomic E-state index is 3.24. The molecule has 0 amide bonds. The lowest BCUT2D eigenvalue weighted by molar-refractivity contribution is 1.00. The fraction of sp³-hybridized carbons (Fsp3) is 0.444. The highest BCUT2D eigenvalue weighted by Gasteiger charge is 2.40. The molecule has 0 radical (unpaired) electrons. The Morgan fingerprint density at radius 1 is 1.78 bits per heavy atom.